The molecular weight excluding hydrogens is 448 g/mol. The standard InChI is InChI=1S/C22H28N4O4S2/c1-3-15-8-4-7-11-18(15)23-22(31)25-24-21(27)16-12-13-19(30-2)20(14-16)32(28,29)26-17-9-5-6-10-17/h4,7-8,11-14,17,26H,3,5-6,9-10H2,1-2H3,(H,24,27)(H2,23,25,31). The second-order valence-corrected chi connectivity index (χ2v) is 9.60. The fraction of sp³-hybridized carbons (Fsp3) is 0.364. The van der Waals surface area contributed by atoms with Crippen LogP contribution in [-0.4, -0.2) is 32.6 Å². The molecule has 1 aliphatic carbocycles. The van der Waals surface area contributed by atoms with Gasteiger partial charge in [-0.05, 0) is 61.3 Å². The summed E-state index contributed by atoms with van der Waals surface area (Å²) in [5.74, 6) is -0.355. The van der Waals surface area contributed by atoms with E-state index in [1.807, 2.05) is 31.2 Å². The minimum Gasteiger partial charge on any atom is -0.495 e. The van der Waals surface area contributed by atoms with Crippen molar-refractivity contribution in [3.05, 3.63) is 53.6 Å². The monoisotopic (exact) mass is 476 g/mol. The molecule has 0 aromatic heterocycles. The Balaban J connectivity index is 1.68. The summed E-state index contributed by atoms with van der Waals surface area (Å²) in [5, 5.41) is 3.25. The number of rotatable bonds is 7. The summed E-state index contributed by atoms with van der Waals surface area (Å²) in [4.78, 5) is 12.6. The van der Waals surface area contributed by atoms with Crippen LogP contribution in [-0.2, 0) is 16.4 Å². The Labute approximate surface area is 194 Å². The molecule has 172 valence electrons. The van der Waals surface area contributed by atoms with Gasteiger partial charge in [-0.3, -0.25) is 15.6 Å². The Kier molecular flexibility index (Phi) is 8.05. The number of thiocarbonyl (C=S) groups is 1. The van der Waals surface area contributed by atoms with Crippen LogP contribution in [0, 0.1) is 0 Å². The third-order valence-electron chi connectivity index (χ3n) is 5.33. The first-order chi connectivity index (χ1) is 15.3. The van der Waals surface area contributed by atoms with E-state index < -0.39 is 15.9 Å². The van der Waals surface area contributed by atoms with Gasteiger partial charge in [-0.2, -0.15) is 0 Å². The summed E-state index contributed by atoms with van der Waals surface area (Å²) in [7, 11) is -2.44. The second-order valence-electron chi connectivity index (χ2n) is 7.51. The number of sulfonamides is 1. The number of amides is 1. The molecule has 0 saturated heterocycles. The molecule has 2 aromatic carbocycles. The fourth-order valence-electron chi connectivity index (χ4n) is 3.64. The Morgan fingerprint density at radius 2 is 1.84 bits per heavy atom. The summed E-state index contributed by atoms with van der Waals surface area (Å²) < 4.78 is 33.7. The average molecular weight is 477 g/mol. The number of carbonyl (C=O) groups is 1. The number of anilines is 1. The molecule has 1 aliphatic rings. The van der Waals surface area contributed by atoms with Crippen molar-refractivity contribution >= 4 is 38.9 Å². The zero-order valence-electron chi connectivity index (χ0n) is 18.1. The van der Waals surface area contributed by atoms with Gasteiger partial charge in [0.1, 0.15) is 10.6 Å². The molecule has 1 fully saturated rings. The third-order valence-corrected chi connectivity index (χ3v) is 7.07. The summed E-state index contributed by atoms with van der Waals surface area (Å²) in [6, 6.07) is 11.9. The Morgan fingerprint density at radius 3 is 2.53 bits per heavy atom. The molecule has 0 aliphatic heterocycles. The van der Waals surface area contributed by atoms with Gasteiger partial charge < -0.3 is 10.1 Å². The predicted octanol–water partition coefficient (Wildman–Crippen LogP) is 3.11. The number of ether oxygens (including phenoxy) is 1. The van der Waals surface area contributed by atoms with Gasteiger partial charge >= 0.3 is 0 Å². The lowest BCUT2D eigenvalue weighted by Crippen LogP contribution is -2.44. The number of para-hydroxylation sites is 1. The highest BCUT2D eigenvalue weighted by Crippen LogP contribution is 2.27. The van der Waals surface area contributed by atoms with Crippen molar-refractivity contribution in [1.82, 2.24) is 15.6 Å². The zero-order chi connectivity index (χ0) is 23.1. The molecule has 3 rings (SSSR count). The highest BCUT2D eigenvalue weighted by molar-refractivity contribution is 7.89. The lowest BCUT2D eigenvalue weighted by atomic mass is 10.1. The smallest absolute Gasteiger partial charge is 0.269 e. The quantitative estimate of drug-likeness (QED) is 0.359. The Morgan fingerprint density at radius 1 is 1.12 bits per heavy atom. The largest absolute Gasteiger partial charge is 0.495 e. The van der Waals surface area contributed by atoms with Crippen molar-refractivity contribution in [2.24, 2.45) is 0 Å². The number of hydrogen-bond acceptors (Lipinski definition) is 5. The van der Waals surface area contributed by atoms with Gasteiger partial charge in [0.15, 0.2) is 5.11 Å². The molecule has 0 heterocycles. The number of hydrazine groups is 1. The normalized spacial score (nSPS) is 14.1. The van der Waals surface area contributed by atoms with E-state index in [4.69, 9.17) is 17.0 Å². The zero-order valence-corrected chi connectivity index (χ0v) is 19.7. The van der Waals surface area contributed by atoms with Gasteiger partial charge in [-0.15, -0.1) is 0 Å². The van der Waals surface area contributed by atoms with E-state index in [2.05, 4.69) is 20.9 Å². The maximum absolute atomic E-state index is 12.9. The van der Waals surface area contributed by atoms with Crippen LogP contribution in [0.2, 0.25) is 0 Å². The summed E-state index contributed by atoms with van der Waals surface area (Å²) >= 11 is 5.25. The van der Waals surface area contributed by atoms with Gasteiger partial charge in [-0.1, -0.05) is 38.0 Å². The molecule has 0 radical (unpaired) electrons. The molecule has 1 amide bonds. The number of hydrogen-bond donors (Lipinski definition) is 4. The molecule has 32 heavy (non-hydrogen) atoms. The molecule has 0 atom stereocenters. The highest BCUT2D eigenvalue weighted by atomic mass is 32.2. The van der Waals surface area contributed by atoms with Crippen LogP contribution in [0.5, 0.6) is 5.75 Å². The predicted molar refractivity (Wildman–Crippen MR) is 128 cm³/mol. The van der Waals surface area contributed by atoms with Crippen LogP contribution < -0.4 is 25.6 Å². The lowest BCUT2D eigenvalue weighted by Gasteiger charge is -2.16. The van der Waals surface area contributed by atoms with Crippen molar-refractivity contribution in [2.75, 3.05) is 12.4 Å². The maximum Gasteiger partial charge on any atom is 0.269 e. The number of benzene rings is 2. The minimum absolute atomic E-state index is 0.0721. The van der Waals surface area contributed by atoms with E-state index in [0.29, 0.717) is 0 Å². The second kappa shape index (κ2) is 10.8. The van der Waals surface area contributed by atoms with Gasteiger partial charge in [0, 0.05) is 17.3 Å². The summed E-state index contributed by atoms with van der Waals surface area (Å²) in [5.41, 5.74) is 7.23. The van der Waals surface area contributed by atoms with Crippen molar-refractivity contribution in [3.63, 3.8) is 0 Å². The Bertz CT molecular complexity index is 1080. The molecule has 0 unspecified atom stereocenters. The number of aryl methyl sites for hydroxylation is 1. The summed E-state index contributed by atoms with van der Waals surface area (Å²) in [6.07, 6.45) is 4.43. The number of carbonyl (C=O) groups excluding carboxylic acids is 1. The molecular formula is C22H28N4O4S2. The van der Waals surface area contributed by atoms with Crippen LogP contribution in [0.4, 0.5) is 5.69 Å². The third kappa shape index (κ3) is 5.96. The summed E-state index contributed by atoms with van der Waals surface area (Å²) in [6.45, 7) is 2.04. The number of methoxy groups -OCH3 is 1. The maximum atomic E-state index is 12.9. The van der Waals surface area contributed by atoms with Gasteiger partial charge in [0.25, 0.3) is 5.91 Å². The van der Waals surface area contributed by atoms with Crippen LogP contribution in [0.15, 0.2) is 47.4 Å². The molecule has 1 saturated carbocycles. The lowest BCUT2D eigenvalue weighted by molar-refractivity contribution is 0.0944. The topological polar surface area (TPSA) is 109 Å². The van der Waals surface area contributed by atoms with Crippen LogP contribution >= 0.6 is 12.2 Å². The minimum atomic E-state index is -3.84. The van der Waals surface area contributed by atoms with E-state index in [9.17, 15) is 13.2 Å². The fourth-order valence-corrected chi connectivity index (χ4v) is 5.31. The van der Waals surface area contributed by atoms with E-state index in [0.717, 1.165) is 43.4 Å². The highest BCUT2D eigenvalue weighted by Gasteiger charge is 2.26. The number of nitrogens with one attached hydrogen (secondary N) is 4. The van der Waals surface area contributed by atoms with Gasteiger partial charge in [0.2, 0.25) is 10.0 Å². The van der Waals surface area contributed by atoms with Crippen LogP contribution in [0.25, 0.3) is 0 Å². The van der Waals surface area contributed by atoms with E-state index in [-0.39, 0.29) is 27.4 Å². The van der Waals surface area contributed by atoms with Crippen molar-refractivity contribution in [1.29, 1.82) is 0 Å². The SMILES string of the molecule is CCc1ccccc1NC(=S)NNC(=O)c1ccc(OC)c(S(=O)(=O)NC2CCCC2)c1. The van der Waals surface area contributed by atoms with E-state index in [1.165, 1.54) is 25.3 Å². The first-order valence-corrected chi connectivity index (χ1v) is 12.4. The molecule has 2 aromatic rings. The first kappa shape index (κ1) is 24.0. The first-order valence-electron chi connectivity index (χ1n) is 10.5. The van der Waals surface area contributed by atoms with Crippen molar-refractivity contribution < 1.29 is 17.9 Å². The molecule has 0 spiro atoms. The molecule has 4 N–H and O–H groups in total. The van der Waals surface area contributed by atoms with Gasteiger partial charge in [0.05, 0.1) is 7.11 Å². The molecule has 0 bridgehead atoms. The van der Waals surface area contributed by atoms with Crippen LogP contribution in [0.3, 0.4) is 0 Å². The van der Waals surface area contributed by atoms with Crippen molar-refractivity contribution in [2.45, 2.75) is 50.0 Å². The molecule has 10 heteroatoms. The van der Waals surface area contributed by atoms with E-state index >= 15 is 0 Å². The van der Waals surface area contributed by atoms with E-state index in [1.54, 1.807) is 0 Å². The average Bonchev–Trinajstić information content (AvgIpc) is 3.29. The Hall–Kier alpha value is -2.69. The van der Waals surface area contributed by atoms with Crippen LogP contribution in [0.1, 0.15) is 48.5 Å². The van der Waals surface area contributed by atoms with Gasteiger partial charge in [-0.25, -0.2) is 13.1 Å². The molecule has 8 nitrogen and oxygen atoms in total. The van der Waals surface area contributed by atoms with Crippen molar-refractivity contribution in [3.8, 4) is 5.75 Å².